The van der Waals surface area contributed by atoms with Gasteiger partial charge in [-0.3, -0.25) is 4.79 Å². The smallest absolute Gasteiger partial charge is 0.232 e. The number of benzene rings is 1. The highest BCUT2D eigenvalue weighted by Gasteiger charge is 2.23. The summed E-state index contributed by atoms with van der Waals surface area (Å²) >= 11 is 1.46. The number of rotatable bonds is 4. The van der Waals surface area contributed by atoms with E-state index >= 15 is 0 Å². The van der Waals surface area contributed by atoms with Gasteiger partial charge in [-0.25, -0.2) is 4.39 Å². The highest BCUT2D eigenvalue weighted by atomic mass is 32.2. The van der Waals surface area contributed by atoms with E-state index in [0.717, 1.165) is 30.8 Å². The van der Waals surface area contributed by atoms with Crippen LogP contribution in [0.2, 0.25) is 0 Å². The third-order valence-electron chi connectivity index (χ3n) is 3.81. The molecule has 0 unspecified atom stereocenters. The summed E-state index contributed by atoms with van der Waals surface area (Å²) in [6.07, 6.45) is 2.08. The van der Waals surface area contributed by atoms with Crippen LogP contribution in [0.1, 0.15) is 12.8 Å². The number of carbonyl (C=O) groups is 1. The summed E-state index contributed by atoms with van der Waals surface area (Å²) in [5, 5.41) is 0. The standard InChI is InChI=1S/C15H21FN2OS/c1-17-9-7-13(8-10-17)18(2)15(19)11-20-14-5-3-12(16)4-6-14/h3-6,13H,7-11H2,1-2H3. The van der Waals surface area contributed by atoms with Crippen molar-refractivity contribution in [1.29, 1.82) is 0 Å². The minimum atomic E-state index is -0.246. The lowest BCUT2D eigenvalue weighted by molar-refractivity contribution is -0.129. The molecule has 3 nitrogen and oxygen atoms in total. The van der Waals surface area contributed by atoms with Gasteiger partial charge < -0.3 is 9.80 Å². The van der Waals surface area contributed by atoms with Crippen LogP contribution in [0.25, 0.3) is 0 Å². The van der Waals surface area contributed by atoms with Crippen LogP contribution in [0.4, 0.5) is 4.39 Å². The molecule has 20 heavy (non-hydrogen) atoms. The number of carbonyl (C=O) groups excluding carboxylic acids is 1. The zero-order chi connectivity index (χ0) is 14.5. The second kappa shape index (κ2) is 7.09. The summed E-state index contributed by atoms with van der Waals surface area (Å²) in [5.74, 6) is 0.312. The molecule has 2 rings (SSSR count). The lowest BCUT2D eigenvalue weighted by atomic mass is 10.0. The van der Waals surface area contributed by atoms with Crippen LogP contribution in [0.15, 0.2) is 29.2 Å². The minimum absolute atomic E-state index is 0.147. The van der Waals surface area contributed by atoms with Crippen molar-refractivity contribution < 1.29 is 9.18 Å². The SMILES string of the molecule is CN1CCC(N(C)C(=O)CSc2ccc(F)cc2)CC1. The first-order chi connectivity index (χ1) is 9.56. The normalized spacial score (nSPS) is 17.1. The van der Waals surface area contributed by atoms with Crippen molar-refractivity contribution in [2.24, 2.45) is 0 Å². The molecule has 0 aliphatic carbocycles. The van der Waals surface area contributed by atoms with Gasteiger partial charge in [0.2, 0.25) is 5.91 Å². The summed E-state index contributed by atoms with van der Waals surface area (Å²) in [6, 6.07) is 6.62. The van der Waals surface area contributed by atoms with Crippen molar-refractivity contribution in [2.45, 2.75) is 23.8 Å². The molecular formula is C15H21FN2OS. The number of piperidine rings is 1. The Morgan fingerprint density at radius 2 is 1.95 bits per heavy atom. The van der Waals surface area contributed by atoms with Gasteiger partial charge in [-0.15, -0.1) is 11.8 Å². The van der Waals surface area contributed by atoms with E-state index in [-0.39, 0.29) is 11.7 Å². The van der Waals surface area contributed by atoms with E-state index in [2.05, 4.69) is 11.9 Å². The van der Waals surface area contributed by atoms with Gasteiger partial charge in [0.25, 0.3) is 0 Å². The largest absolute Gasteiger partial charge is 0.342 e. The quantitative estimate of drug-likeness (QED) is 0.798. The summed E-state index contributed by atoms with van der Waals surface area (Å²) in [5.41, 5.74) is 0. The summed E-state index contributed by atoms with van der Waals surface area (Å²) in [4.78, 5) is 17.3. The second-order valence-corrected chi connectivity index (χ2v) is 6.33. The monoisotopic (exact) mass is 296 g/mol. The van der Waals surface area contributed by atoms with Crippen LogP contribution in [-0.4, -0.2) is 54.7 Å². The number of hydrogen-bond donors (Lipinski definition) is 0. The van der Waals surface area contributed by atoms with Crippen molar-refractivity contribution in [2.75, 3.05) is 32.9 Å². The first-order valence-electron chi connectivity index (χ1n) is 6.89. The highest BCUT2D eigenvalue weighted by molar-refractivity contribution is 8.00. The topological polar surface area (TPSA) is 23.6 Å². The molecule has 0 spiro atoms. The predicted molar refractivity (Wildman–Crippen MR) is 80.4 cm³/mol. The summed E-state index contributed by atoms with van der Waals surface area (Å²) < 4.78 is 12.8. The Morgan fingerprint density at radius 3 is 2.55 bits per heavy atom. The van der Waals surface area contributed by atoms with E-state index in [1.54, 1.807) is 12.1 Å². The van der Waals surface area contributed by atoms with Crippen molar-refractivity contribution in [3.63, 3.8) is 0 Å². The van der Waals surface area contributed by atoms with Crippen LogP contribution in [0, 0.1) is 5.82 Å². The van der Waals surface area contributed by atoms with Gasteiger partial charge in [-0.05, 0) is 57.2 Å². The van der Waals surface area contributed by atoms with Crippen molar-refractivity contribution in [1.82, 2.24) is 9.80 Å². The second-order valence-electron chi connectivity index (χ2n) is 5.28. The van der Waals surface area contributed by atoms with Crippen LogP contribution in [0.5, 0.6) is 0 Å². The molecule has 1 aliphatic rings. The Bertz CT molecular complexity index is 444. The maximum atomic E-state index is 12.8. The highest BCUT2D eigenvalue weighted by Crippen LogP contribution is 2.20. The predicted octanol–water partition coefficient (Wildman–Crippen LogP) is 2.47. The lowest BCUT2D eigenvalue weighted by Crippen LogP contribution is -2.45. The number of nitrogens with zero attached hydrogens (tertiary/aromatic N) is 2. The molecule has 0 N–H and O–H groups in total. The van der Waals surface area contributed by atoms with E-state index < -0.39 is 0 Å². The third kappa shape index (κ3) is 4.21. The maximum absolute atomic E-state index is 12.8. The summed E-state index contributed by atoms with van der Waals surface area (Å²) in [7, 11) is 4.01. The Morgan fingerprint density at radius 1 is 1.35 bits per heavy atom. The van der Waals surface area contributed by atoms with Crippen LogP contribution in [0.3, 0.4) is 0 Å². The Kier molecular flexibility index (Phi) is 5.43. The Balaban J connectivity index is 1.80. The zero-order valence-corrected chi connectivity index (χ0v) is 12.8. The third-order valence-corrected chi connectivity index (χ3v) is 4.80. The number of halogens is 1. The summed E-state index contributed by atoms with van der Waals surface area (Å²) in [6.45, 7) is 2.10. The minimum Gasteiger partial charge on any atom is -0.342 e. The molecule has 1 aliphatic heterocycles. The number of thioether (sulfide) groups is 1. The fraction of sp³-hybridized carbons (Fsp3) is 0.533. The van der Waals surface area contributed by atoms with Crippen LogP contribution >= 0.6 is 11.8 Å². The van der Waals surface area contributed by atoms with Gasteiger partial charge >= 0.3 is 0 Å². The molecule has 0 aromatic heterocycles. The molecule has 5 heteroatoms. The molecule has 1 aromatic rings. The molecule has 0 atom stereocenters. The van der Waals surface area contributed by atoms with Gasteiger partial charge in [0.05, 0.1) is 5.75 Å². The maximum Gasteiger partial charge on any atom is 0.232 e. The Labute approximate surface area is 124 Å². The van der Waals surface area contributed by atoms with Gasteiger partial charge in [0.15, 0.2) is 0 Å². The van der Waals surface area contributed by atoms with Crippen LogP contribution in [-0.2, 0) is 4.79 Å². The molecule has 0 saturated carbocycles. The van der Waals surface area contributed by atoms with Gasteiger partial charge in [-0.1, -0.05) is 0 Å². The molecule has 0 bridgehead atoms. The fourth-order valence-corrected chi connectivity index (χ4v) is 3.19. The first-order valence-corrected chi connectivity index (χ1v) is 7.87. The fourth-order valence-electron chi connectivity index (χ4n) is 2.36. The van der Waals surface area contributed by atoms with Crippen molar-refractivity contribution >= 4 is 17.7 Å². The van der Waals surface area contributed by atoms with Gasteiger partial charge in [0, 0.05) is 18.0 Å². The number of amides is 1. The molecule has 110 valence electrons. The molecule has 1 aromatic carbocycles. The average Bonchev–Trinajstić information content (AvgIpc) is 2.46. The molecule has 1 amide bonds. The number of hydrogen-bond acceptors (Lipinski definition) is 3. The van der Waals surface area contributed by atoms with E-state index in [0.29, 0.717) is 11.8 Å². The Hall–Kier alpha value is -1.07. The number of likely N-dealkylation sites (tertiary alicyclic amines) is 1. The van der Waals surface area contributed by atoms with Crippen molar-refractivity contribution in [3.05, 3.63) is 30.1 Å². The first kappa shape index (κ1) is 15.3. The van der Waals surface area contributed by atoms with E-state index in [4.69, 9.17) is 0 Å². The lowest BCUT2D eigenvalue weighted by Gasteiger charge is -2.35. The molecule has 1 saturated heterocycles. The van der Waals surface area contributed by atoms with Crippen LogP contribution < -0.4 is 0 Å². The van der Waals surface area contributed by atoms with E-state index in [1.165, 1.54) is 23.9 Å². The van der Waals surface area contributed by atoms with E-state index in [9.17, 15) is 9.18 Å². The molecule has 0 radical (unpaired) electrons. The zero-order valence-electron chi connectivity index (χ0n) is 12.0. The van der Waals surface area contributed by atoms with Crippen molar-refractivity contribution in [3.8, 4) is 0 Å². The molecule has 1 heterocycles. The average molecular weight is 296 g/mol. The van der Waals surface area contributed by atoms with Gasteiger partial charge in [0.1, 0.15) is 5.82 Å². The van der Waals surface area contributed by atoms with E-state index in [1.807, 2.05) is 11.9 Å². The molecular weight excluding hydrogens is 275 g/mol. The van der Waals surface area contributed by atoms with Gasteiger partial charge in [-0.2, -0.15) is 0 Å². The molecule has 1 fully saturated rings.